The van der Waals surface area contributed by atoms with Gasteiger partial charge in [-0.1, -0.05) is 46.3 Å². The Labute approximate surface area is 134 Å². The van der Waals surface area contributed by atoms with Crippen molar-refractivity contribution in [3.8, 4) is 5.75 Å². The number of rotatable bonds is 3. The summed E-state index contributed by atoms with van der Waals surface area (Å²) in [6.45, 7) is 2.08. The van der Waals surface area contributed by atoms with Gasteiger partial charge in [-0.15, -0.1) is 0 Å². The fraction of sp³-hybridized carbons (Fsp3) is 0.333. The van der Waals surface area contributed by atoms with Crippen LogP contribution in [0.4, 0.5) is 0 Å². The Bertz CT molecular complexity index is 596. The molecule has 2 aromatic carbocycles. The van der Waals surface area contributed by atoms with Crippen LogP contribution in [0.5, 0.6) is 5.75 Å². The number of piperidine rings is 1. The van der Waals surface area contributed by atoms with E-state index in [0.717, 1.165) is 29.7 Å². The van der Waals surface area contributed by atoms with Crippen LogP contribution in [0.1, 0.15) is 29.4 Å². The van der Waals surface area contributed by atoms with Crippen LogP contribution in [-0.2, 0) is 0 Å². The molecule has 0 amide bonds. The molecule has 0 radical (unpaired) electrons. The average molecular weight is 346 g/mol. The van der Waals surface area contributed by atoms with Gasteiger partial charge in [-0.25, -0.2) is 0 Å². The van der Waals surface area contributed by atoms with Crippen LogP contribution in [0, 0.1) is 0 Å². The summed E-state index contributed by atoms with van der Waals surface area (Å²) in [5, 5.41) is 3.53. The zero-order valence-corrected chi connectivity index (χ0v) is 13.8. The second kappa shape index (κ2) is 6.63. The lowest BCUT2D eigenvalue weighted by Gasteiger charge is -2.33. The molecule has 1 fully saturated rings. The maximum absolute atomic E-state index is 5.57. The minimum Gasteiger partial charge on any atom is -0.496 e. The molecule has 2 nitrogen and oxygen atoms in total. The Morgan fingerprint density at radius 3 is 2.57 bits per heavy atom. The zero-order chi connectivity index (χ0) is 14.7. The summed E-state index contributed by atoms with van der Waals surface area (Å²) >= 11 is 3.52. The van der Waals surface area contributed by atoms with Gasteiger partial charge >= 0.3 is 0 Å². The Balaban J connectivity index is 1.96. The fourth-order valence-electron chi connectivity index (χ4n) is 3.26. The van der Waals surface area contributed by atoms with Gasteiger partial charge in [-0.05, 0) is 48.2 Å². The largest absolute Gasteiger partial charge is 0.496 e. The molecule has 0 aliphatic carbocycles. The van der Waals surface area contributed by atoms with E-state index in [1.165, 1.54) is 11.1 Å². The minimum atomic E-state index is 0.489. The van der Waals surface area contributed by atoms with Crippen molar-refractivity contribution in [3.05, 3.63) is 64.1 Å². The maximum atomic E-state index is 5.57. The van der Waals surface area contributed by atoms with E-state index in [1.807, 2.05) is 6.07 Å². The van der Waals surface area contributed by atoms with Crippen LogP contribution in [-0.4, -0.2) is 20.2 Å². The first-order valence-corrected chi connectivity index (χ1v) is 8.18. The molecule has 1 N–H and O–H groups in total. The van der Waals surface area contributed by atoms with Gasteiger partial charge in [-0.3, -0.25) is 0 Å². The molecule has 0 aromatic heterocycles. The summed E-state index contributed by atoms with van der Waals surface area (Å²) in [5.74, 6) is 2.00. The third kappa shape index (κ3) is 3.14. The lowest BCUT2D eigenvalue weighted by Crippen LogP contribution is -2.34. The van der Waals surface area contributed by atoms with E-state index in [-0.39, 0.29) is 0 Å². The molecule has 0 bridgehead atoms. The first-order chi connectivity index (χ1) is 10.3. The summed E-state index contributed by atoms with van der Waals surface area (Å²) in [4.78, 5) is 0. The predicted molar refractivity (Wildman–Crippen MR) is 90.1 cm³/mol. The monoisotopic (exact) mass is 345 g/mol. The standard InChI is InChI=1S/C18H20BrNO/c1-21-18-5-3-2-4-16(18)15-10-11-20-12-17(15)13-6-8-14(19)9-7-13/h2-9,15,17,20H,10-12H2,1H3. The summed E-state index contributed by atoms with van der Waals surface area (Å²) in [6, 6.07) is 17.1. The Hall–Kier alpha value is -1.32. The van der Waals surface area contributed by atoms with Crippen molar-refractivity contribution < 1.29 is 4.74 Å². The van der Waals surface area contributed by atoms with Crippen molar-refractivity contribution in [1.29, 1.82) is 0 Å². The molecule has 1 heterocycles. The molecule has 3 rings (SSSR count). The van der Waals surface area contributed by atoms with Crippen molar-refractivity contribution in [2.24, 2.45) is 0 Å². The van der Waals surface area contributed by atoms with Crippen molar-refractivity contribution in [2.75, 3.05) is 20.2 Å². The molecule has 1 aliphatic rings. The average Bonchev–Trinajstić information content (AvgIpc) is 2.55. The molecule has 0 spiro atoms. The lowest BCUT2D eigenvalue weighted by atomic mass is 9.77. The first-order valence-electron chi connectivity index (χ1n) is 7.38. The number of para-hydroxylation sites is 1. The molecule has 110 valence electrons. The first kappa shape index (κ1) is 14.6. The van der Waals surface area contributed by atoms with E-state index in [9.17, 15) is 0 Å². The van der Waals surface area contributed by atoms with Gasteiger partial charge in [0.25, 0.3) is 0 Å². The smallest absolute Gasteiger partial charge is 0.122 e. The van der Waals surface area contributed by atoms with Gasteiger partial charge < -0.3 is 10.1 Å². The maximum Gasteiger partial charge on any atom is 0.122 e. The Kier molecular flexibility index (Phi) is 4.61. The second-order valence-corrected chi connectivity index (χ2v) is 6.41. The number of ether oxygens (including phenoxy) is 1. The van der Waals surface area contributed by atoms with Crippen molar-refractivity contribution >= 4 is 15.9 Å². The van der Waals surface area contributed by atoms with Crippen LogP contribution < -0.4 is 10.1 Å². The normalized spacial score (nSPS) is 22.0. The van der Waals surface area contributed by atoms with Crippen molar-refractivity contribution in [3.63, 3.8) is 0 Å². The Morgan fingerprint density at radius 2 is 1.81 bits per heavy atom. The van der Waals surface area contributed by atoms with Crippen LogP contribution in [0.2, 0.25) is 0 Å². The molecular formula is C18H20BrNO. The van der Waals surface area contributed by atoms with Gasteiger partial charge in [0.1, 0.15) is 5.75 Å². The van der Waals surface area contributed by atoms with Gasteiger partial charge in [0, 0.05) is 16.9 Å². The topological polar surface area (TPSA) is 21.3 Å². The quantitative estimate of drug-likeness (QED) is 0.894. The molecular weight excluding hydrogens is 326 g/mol. The van der Waals surface area contributed by atoms with Crippen LogP contribution >= 0.6 is 15.9 Å². The number of benzene rings is 2. The van der Waals surface area contributed by atoms with E-state index in [1.54, 1.807) is 7.11 Å². The minimum absolute atomic E-state index is 0.489. The summed E-state index contributed by atoms with van der Waals surface area (Å²) in [5.41, 5.74) is 2.72. The third-order valence-corrected chi connectivity index (χ3v) is 4.85. The number of nitrogens with one attached hydrogen (secondary N) is 1. The highest BCUT2D eigenvalue weighted by atomic mass is 79.9. The van der Waals surface area contributed by atoms with Crippen LogP contribution in [0.3, 0.4) is 0 Å². The predicted octanol–water partition coefficient (Wildman–Crippen LogP) is 4.32. The second-order valence-electron chi connectivity index (χ2n) is 5.50. The van der Waals surface area contributed by atoms with Crippen molar-refractivity contribution in [1.82, 2.24) is 5.32 Å². The summed E-state index contributed by atoms with van der Waals surface area (Å²) in [7, 11) is 1.76. The molecule has 2 atom stereocenters. The molecule has 2 unspecified atom stereocenters. The molecule has 2 aromatic rings. The molecule has 1 aliphatic heterocycles. The van der Waals surface area contributed by atoms with Crippen LogP contribution in [0.15, 0.2) is 53.0 Å². The van der Waals surface area contributed by atoms with E-state index in [2.05, 4.69) is 63.7 Å². The van der Waals surface area contributed by atoms with E-state index in [0.29, 0.717) is 11.8 Å². The fourth-order valence-corrected chi connectivity index (χ4v) is 3.53. The summed E-state index contributed by atoms with van der Waals surface area (Å²) in [6.07, 6.45) is 1.14. The van der Waals surface area contributed by atoms with E-state index < -0.39 is 0 Å². The number of methoxy groups -OCH3 is 1. The van der Waals surface area contributed by atoms with Gasteiger partial charge in [0.15, 0.2) is 0 Å². The molecule has 0 saturated carbocycles. The number of hydrogen-bond acceptors (Lipinski definition) is 2. The SMILES string of the molecule is COc1ccccc1C1CCNCC1c1ccc(Br)cc1. The Morgan fingerprint density at radius 1 is 1.05 bits per heavy atom. The zero-order valence-electron chi connectivity index (χ0n) is 12.2. The van der Waals surface area contributed by atoms with Crippen LogP contribution in [0.25, 0.3) is 0 Å². The van der Waals surface area contributed by atoms with E-state index >= 15 is 0 Å². The number of halogens is 1. The van der Waals surface area contributed by atoms with Gasteiger partial charge in [-0.2, -0.15) is 0 Å². The highest BCUT2D eigenvalue weighted by molar-refractivity contribution is 9.10. The van der Waals surface area contributed by atoms with Gasteiger partial charge in [0.05, 0.1) is 7.11 Å². The molecule has 3 heteroatoms. The summed E-state index contributed by atoms with van der Waals surface area (Å²) < 4.78 is 6.70. The highest BCUT2D eigenvalue weighted by Gasteiger charge is 2.29. The number of hydrogen-bond donors (Lipinski definition) is 1. The highest BCUT2D eigenvalue weighted by Crippen LogP contribution is 2.41. The lowest BCUT2D eigenvalue weighted by molar-refractivity contribution is 0.371. The molecule has 1 saturated heterocycles. The van der Waals surface area contributed by atoms with Gasteiger partial charge in [0.2, 0.25) is 0 Å². The third-order valence-electron chi connectivity index (χ3n) is 4.32. The molecule has 21 heavy (non-hydrogen) atoms. The van der Waals surface area contributed by atoms with Crippen molar-refractivity contribution in [2.45, 2.75) is 18.3 Å². The van der Waals surface area contributed by atoms with E-state index in [4.69, 9.17) is 4.74 Å².